The van der Waals surface area contributed by atoms with Crippen molar-refractivity contribution in [3.05, 3.63) is 15.9 Å². The number of rotatable bonds is 3. The topological polar surface area (TPSA) is 70.7 Å². The summed E-state index contributed by atoms with van der Waals surface area (Å²) in [7, 11) is 1.40. The lowest BCUT2D eigenvalue weighted by Crippen LogP contribution is -2.25. The standard InChI is InChI=1S/C11H17NO5/c1-6-15-9(14)7-8(13)12(5)17-10(7)16-11(2,3)4/h6H2,1-5H3. The Morgan fingerprint density at radius 2 is 2.00 bits per heavy atom. The van der Waals surface area contributed by atoms with Crippen molar-refractivity contribution in [2.45, 2.75) is 33.3 Å². The molecule has 0 saturated heterocycles. The number of ether oxygens (including phenoxy) is 2. The minimum atomic E-state index is -0.735. The number of carbonyl (C=O) groups excluding carboxylic acids is 1. The first kappa shape index (κ1) is 13.3. The van der Waals surface area contributed by atoms with E-state index in [9.17, 15) is 9.59 Å². The average Bonchev–Trinajstić information content (AvgIpc) is 2.39. The van der Waals surface area contributed by atoms with Crippen LogP contribution in [-0.4, -0.2) is 22.9 Å². The second-order valence-electron chi connectivity index (χ2n) is 4.49. The molecule has 0 N–H and O–H groups in total. The lowest BCUT2D eigenvalue weighted by molar-refractivity contribution is 0.0482. The van der Waals surface area contributed by atoms with E-state index in [4.69, 9.17) is 14.0 Å². The Morgan fingerprint density at radius 1 is 1.41 bits per heavy atom. The van der Waals surface area contributed by atoms with Crippen molar-refractivity contribution in [1.82, 2.24) is 4.74 Å². The van der Waals surface area contributed by atoms with Crippen LogP contribution in [-0.2, 0) is 11.8 Å². The van der Waals surface area contributed by atoms with Gasteiger partial charge in [0.2, 0.25) is 5.56 Å². The van der Waals surface area contributed by atoms with E-state index < -0.39 is 17.1 Å². The molecule has 17 heavy (non-hydrogen) atoms. The van der Waals surface area contributed by atoms with Crippen LogP contribution in [0.4, 0.5) is 0 Å². The second-order valence-corrected chi connectivity index (χ2v) is 4.49. The molecule has 1 aromatic rings. The summed E-state index contributed by atoms with van der Waals surface area (Å²) in [5.41, 5.74) is -1.34. The molecule has 0 radical (unpaired) electrons. The number of hydrogen-bond donors (Lipinski definition) is 0. The zero-order valence-corrected chi connectivity index (χ0v) is 10.7. The van der Waals surface area contributed by atoms with E-state index in [-0.39, 0.29) is 18.1 Å². The number of aryl methyl sites for hydroxylation is 1. The minimum Gasteiger partial charge on any atom is -0.462 e. The van der Waals surface area contributed by atoms with Crippen LogP contribution in [0.3, 0.4) is 0 Å². The maximum atomic E-state index is 11.7. The van der Waals surface area contributed by atoms with Crippen LogP contribution in [0.5, 0.6) is 5.95 Å². The van der Waals surface area contributed by atoms with Gasteiger partial charge in [0.1, 0.15) is 5.60 Å². The zero-order chi connectivity index (χ0) is 13.2. The first-order chi connectivity index (χ1) is 7.76. The fraction of sp³-hybridized carbons (Fsp3) is 0.636. The molecule has 0 aromatic carbocycles. The Labute approximate surface area is 99.1 Å². The Bertz CT molecular complexity index is 463. The van der Waals surface area contributed by atoms with E-state index in [1.165, 1.54) is 7.05 Å². The first-order valence-electron chi connectivity index (χ1n) is 5.32. The van der Waals surface area contributed by atoms with Gasteiger partial charge in [-0.05, 0) is 27.7 Å². The van der Waals surface area contributed by atoms with Gasteiger partial charge in [0.25, 0.3) is 0 Å². The van der Waals surface area contributed by atoms with Gasteiger partial charge in [-0.1, -0.05) is 0 Å². The smallest absolute Gasteiger partial charge is 0.351 e. The molecular formula is C11H17NO5. The summed E-state index contributed by atoms with van der Waals surface area (Å²) in [5, 5.41) is 0. The summed E-state index contributed by atoms with van der Waals surface area (Å²) in [5.74, 6) is -0.843. The highest BCUT2D eigenvalue weighted by Gasteiger charge is 2.28. The lowest BCUT2D eigenvalue weighted by Gasteiger charge is -2.18. The average molecular weight is 243 g/mol. The number of carbonyl (C=O) groups is 1. The van der Waals surface area contributed by atoms with Crippen LogP contribution in [0, 0.1) is 0 Å². The van der Waals surface area contributed by atoms with Gasteiger partial charge in [0, 0.05) is 7.05 Å². The minimum absolute atomic E-state index is 0.108. The van der Waals surface area contributed by atoms with Gasteiger partial charge >= 0.3 is 17.5 Å². The summed E-state index contributed by atoms with van der Waals surface area (Å²) in [6.45, 7) is 7.20. The molecule has 1 aromatic heterocycles. The quantitative estimate of drug-likeness (QED) is 0.749. The van der Waals surface area contributed by atoms with E-state index in [1.54, 1.807) is 27.7 Å². The van der Waals surface area contributed by atoms with E-state index in [1.807, 2.05) is 0 Å². The molecule has 1 rings (SSSR count). The number of hydrogen-bond acceptors (Lipinski definition) is 5. The van der Waals surface area contributed by atoms with Crippen LogP contribution in [0.25, 0.3) is 0 Å². The van der Waals surface area contributed by atoms with Gasteiger partial charge in [-0.25, -0.2) is 4.79 Å². The van der Waals surface area contributed by atoms with Gasteiger partial charge in [-0.3, -0.25) is 4.79 Å². The van der Waals surface area contributed by atoms with Crippen molar-refractivity contribution in [2.75, 3.05) is 6.61 Å². The normalized spacial score (nSPS) is 11.4. The molecule has 0 unspecified atom stereocenters. The van der Waals surface area contributed by atoms with E-state index in [0.717, 1.165) is 4.74 Å². The molecule has 0 atom stereocenters. The largest absolute Gasteiger partial charge is 0.462 e. The molecule has 0 bridgehead atoms. The van der Waals surface area contributed by atoms with Gasteiger partial charge in [-0.2, -0.15) is 4.74 Å². The fourth-order valence-electron chi connectivity index (χ4n) is 1.18. The molecule has 6 heteroatoms. The van der Waals surface area contributed by atoms with E-state index >= 15 is 0 Å². The summed E-state index contributed by atoms with van der Waals surface area (Å²) < 4.78 is 16.2. The van der Waals surface area contributed by atoms with Crippen LogP contribution in [0.2, 0.25) is 0 Å². The molecule has 0 aliphatic carbocycles. The van der Waals surface area contributed by atoms with Crippen molar-refractivity contribution < 1.29 is 18.8 Å². The zero-order valence-electron chi connectivity index (χ0n) is 10.7. The van der Waals surface area contributed by atoms with Crippen LogP contribution in [0.1, 0.15) is 38.1 Å². The number of esters is 1. The van der Waals surface area contributed by atoms with Gasteiger partial charge in [0.05, 0.1) is 6.61 Å². The third-order valence-corrected chi connectivity index (χ3v) is 1.80. The number of nitrogens with zero attached hydrogens (tertiary/aromatic N) is 1. The third-order valence-electron chi connectivity index (χ3n) is 1.80. The van der Waals surface area contributed by atoms with Crippen molar-refractivity contribution in [1.29, 1.82) is 0 Å². The summed E-state index contributed by atoms with van der Waals surface area (Å²) in [4.78, 5) is 23.3. The Balaban J connectivity index is 3.18. The monoisotopic (exact) mass is 243 g/mol. The van der Waals surface area contributed by atoms with Crippen LogP contribution >= 0.6 is 0 Å². The predicted octanol–water partition coefficient (Wildman–Crippen LogP) is 1.33. The van der Waals surface area contributed by atoms with E-state index in [0.29, 0.717) is 0 Å². The van der Waals surface area contributed by atoms with Gasteiger partial charge < -0.3 is 14.0 Å². The van der Waals surface area contributed by atoms with Crippen molar-refractivity contribution in [3.8, 4) is 5.95 Å². The summed E-state index contributed by atoms with van der Waals surface area (Å²) >= 11 is 0. The van der Waals surface area contributed by atoms with Gasteiger partial charge in [0.15, 0.2) is 0 Å². The van der Waals surface area contributed by atoms with E-state index in [2.05, 4.69) is 0 Å². The molecule has 0 fully saturated rings. The van der Waals surface area contributed by atoms with Crippen LogP contribution in [0.15, 0.2) is 9.32 Å². The molecule has 0 aliphatic heterocycles. The maximum absolute atomic E-state index is 11.7. The highest BCUT2D eigenvalue weighted by Crippen LogP contribution is 2.21. The maximum Gasteiger partial charge on any atom is 0.351 e. The molecule has 0 saturated carbocycles. The Kier molecular flexibility index (Phi) is 3.65. The number of aromatic nitrogens is 1. The molecule has 0 aliphatic rings. The first-order valence-corrected chi connectivity index (χ1v) is 5.32. The Hall–Kier alpha value is -1.72. The SMILES string of the molecule is CCOC(=O)c1c(OC(C)(C)C)on(C)c1=O. The highest BCUT2D eigenvalue weighted by molar-refractivity contribution is 5.91. The van der Waals surface area contributed by atoms with Crippen LogP contribution < -0.4 is 10.3 Å². The summed E-state index contributed by atoms with van der Waals surface area (Å²) in [6.07, 6.45) is 0. The third kappa shape index (κ3) is 3.12. The van der Waals surface area contributed by atoms with Crippen molar-refractivity contribution in [2.24, 2.45) is 7.05 Å². The van der Waals surface area contributed by atoms with Gasteiger partial charge in [-0.15, -0.1) is 0 Å². The summed E-state index contributed by atoms with van der Waals surface area (Å²) in [6, 6.07) is 0. The lowest BCUT2D eigenvalue weighted by atomic mass is 10.2. The molecular weight excluding hydrogens is 226 g/mol. The molecule has 0 amide bonds. The highest BCUT2D eigenvalue weighted by atomic mass is 16.7. The van der Waals surface area contributed by atoms with Crippen molar-refractivity contribution >= 4 is 5.97 Å². The molecule has 0 spiro atoms. The predicted molar refractivity (Wildman–Crippen MR) is 60.3 cm³/mol. The fourth-order valence-corrected chi connectivity index (χ4v) is 1.18. The van der Waals surface area contributed by atoms with Crippen molar-refractivity contribution in [3.63, 3.8) is 0 Å². The molecule has 1 heterocycles. The molecule has 96 valence electrons. The second kappa shape index (κ2) is 4.65. The Morgan fingerprint density at radius 3 is 2.47 bits per heavy atom. The molecule has 6 nitrogen and oxygen atoms in total.